The minimum atomic E-state index is -0.610. The molecular weight excluding hydrogens is 288 g/mol. The standard InChI is InChI=1S/C20H28O3/c1-12-7-6-9-20(5)18(23-20)17(22)15-11-16(21)14(3)19(4,10-8-12)13(15)2/h7,11,14,16,18,21H,2,6,8-10H2,1,3-5H3/b12-7-/t14-,16-,18-,19-,20-/m0/s1. The van der Waals surface area contributed by atoms with E-state index in [0.29, 0.717) is 5.57 Å². The molecule has 0 radical (unpaired) electrons. The zero-order chi connectivity index (χ0) is 17.0. The fourth-order valence-corrected chi connectivity index (χ4v) is 4.05. The van der Waals surface area contributed by atoms with E-state index in [9.17, 15) is 9.90 Å². The minimum absolute atomic E-state index is 0.00375. The lowest BCUT2D eigenvalue weighted by molar-refractivity contribution is -0.117. The summed E-state index contributed by atoms with van der Waals surface area (Å²) in [6, 6.07) is 0. The van der Waals surface area contributed by atoms with E-state index in [2.05, 4.69) is 33.4 Å². The van der Waals surface area contributed by atoms with Crippen LogP contribution in [-0.2, 0) is 9.53 Å². The fraction of sp³-hybridized carbons (Fsp3) is 0.650. The highest BCUT2D eigenvalue weighted by Gasteiger charge is 2.58. The molecule has 126 valence electrons. The Balaban J connectivity index is 2.03. The number of hydrogen-bond acceptors (Lipinski definition) is 3. The van der Waals surface area contributed by atoms with E-state index in [-0.39, 0.29) is 28.8 Å². The topological polar surface area (TPSA) is 49.8 Å². The number of allylic oxidation sites excluding steroid dienone is 3. The molecule has 23 heavy (non-hydrogen) atoms. The largest absolute Gasteiger partial charge is 0.389 e. The second kappa shape index (κ2) is 5.42. The van der Waals surface area contributed by atoms with Gasteiger partial charge < -0.3 is 9.84 Å². The van der Waals surface area contributed by atoms with Gasteiger partial charge in [-0.1, -0.05) is 32.1 Å². The average Bonchev–Trinajstić information content (AvgIpc) is 3.17. The molecule has 0 aromatic rings. The van der Waals surface area contributed by atoms with Crippen LogP contribution in [0.1, 0.15) is 53.4 Å². The summed E-state index contributed by atoms with van der Waals surface area (Å²) in [6.07, 6.45) is 6.65. The number of hydrogen-bond donors (Lipinski definition) is 1. The van der Waals surface area contributed by atoms with E-state index >= 15 is 0 Å². The van der Waals surface area contributed by atoms with Crippen molar-refractivity contribution >= 4 is 5.78 Å². The Bertz CT molecular complexity index is 614. The molecule has 5 atom stereocenters. The molecule has 0 amide bonds. The second-order valence-electron chi connectivity index (χ2n) is 8.02. The molecule has 3 rings (SSSR count). The Morgan fingerprint density at radius 2 is 2.04 bits per heavy atom. The number of ether oxygens (including phenoxy) is 1. The SMILES string of the molecule is C=C1C2=C[C@H](O)[C@H](C)[C@@]1(C)CC/C(C)=C\CC[C@]1(C)O[C@H]1C2=O. The predicted molar refractivity (Wildman–Crippen MR) is 91.0 cm³/mol. The van der Waals surface area contributed by atoms with Crippen molar-refractivity contribution in [3.05, 3.63) is 35.5 Å². The molecular formula is C20H28O3. The lowest BCUT2D eigenvalue weighted by Crippen LogP contribution is -2.41. The molecule has 2 bridgehead atoms. The van der Waals surface area contributed by atoms with Crippen LogP contribution in [0.2, 0.25) is 0 Å². The van der Waals surface area contributed by atoms with Crippen molar-refractivity contribution in [3.8, 4) is 0 Å². The molecule has 0 saturated carbocycles. The van der Waals surface area contributed by atoms with E-state index in [0.717, 1.165) is 31.3 Å². The van der Waals surface area contributed by atoms with E-state index < -0.39 is 6.10 Å². The third-order valence-electron chi connectivity index (χ3n) is 6.43. The van der Waals surface area contributed by atoms with Gasteiger partial charge in [-0.3, -0.25) is 4.79 Å². The molecule has 1 saturated heterocycles. The van der Waals surface area contributed by atoms with Gasteiger partial charge in [0.15, 0.2) is 5.78 Å². The summed E-state index contributed by atoms with van der Waals surface area (Å²) in [5.41, 5.74) is 2.20. The van der Waals surface area contributed by atoms with Crippen molar-refractivity contribution in [1.82, 2.24) is 0 Å². The maximum Gasteiger partial charge on any atom is 0.194 e. The highest BCUT2D eigenvalue weighted by Crippen LogP contribution is 2.51. The first-order valence-corrected chi connectivity index (χ1v) is 8.66. The number of epoxide rings is 1. The van der Waals surface area contributed by atoms with Gasteiger partial charge in [-0.05, 0) is 62.5 Å². The summed E-state index contributed by atoms with van der Waals surface area (Å²) < 4.78 is 5.76. The molecule has 3 heteroatoms. The van der Waals surface area contributed by atoms with Crippen molar-refractivity contribution in [3.63, 3.8) is 0 Å². The number of carbonyl (C=O) groups excluding carboxylic acids is 1. The van der Waals surface area contributed by atoms with Gasteiger partial charge in [0.2, 0.25) is 0 Å². The van der Waals surface area contributed by atoms with E-state index in [1.807, 2.05) is 6.92 Å². The first-order valence-electron chi connectivity index (χ1n) is 8.66. The van der Waals surface area contributed by atoms with Crippen molar-refractivity contribution in [2.24, 2.45) is 11.3 Å². The zero-order valence-corrected chi connectivity index (χ0v) is 14.7. The van der Waals surface area contributed by atoms with Crippen molar-refractivity contribution < 1.29 is 14.6 Å². The summed E-state index contributed by atoms with van der Waals surface area (Å²) in [5, 5.41) is 10.5. The highest BCUT2D eigenvalue weighted by molar-refractivity contribution is 6.05. The third-order valence-corrected chi connectivity index (χ3v) is 6.43. The first kappa shape index (κ1) is 16.7. The average molecular weight is 316 g/mol. The number of aliphatic hydroxyl groups is 1. The quantitative estimate of drug-likeness (QED) is 0.547. The van der Waals surface area contributed by atoms with Crippen LogP contribution < -0.4 is 0 Å². The van der Waals surface area contributed by atoms with Gasteiger partial charge >= 0.3 is 0 Å². The van der Waals surface area contributed by atoms with E-state index in [1.54, 1.807) is 6.08 Å². The summed E-state index contributed by atoms with van der Waals surface area (Å²) in [6.45, 7) is 12.6. The molecule has 0 spiro atoms. The summed E-state index contributed by atoms with van der Waals surface area (Å²) in [7, 11) is 0. The summed E-state index contributed by atoms with van der Waals surface area (Å²) >= 11 is 0. The van der Waals surface area contributed by atoms with Crippen LogP contribution in [0, 0.1) is 11.3 Å². The lowest BCUT2D eigenvalue weighted by atomic mass is 9.61. The molecule has 1 aliphatic heterocycles. The monoisotopic (exact) mass is 316 g/mol. The lowest BCUT2D eigenvalue weighted by Gasteiger charge is -2.44. The fourth-order valence-electron chi connectivity index (χ4n) is 4.05. The maximum atomic E-state index is 12.9. The van der Waals surface area contributed by atoms with Gasteiger partial charge in [0.25, 0.3) is 0 Å². The summed E-state index contributed by atoms with van der Waals surface area (Å²) in [5.74, 6) is 0.0461. The van der Waals surface area contributed by atoms with E-state index in [4.69, 9.17) is 4.74 Å². The van der Waals surface area contributed by atoms with Gasteiger partial charge in [0.1, 0.15) is 11.7 Å². The smallest absolute Gasteiger partial charge is 0.194 e. The number of aliphatic hydroxyl groups excluding tert-OH is 1. The van der Waals surface area contributed by atoms with Crippen LogP contribution in [0.5, 0.6) is 0 Å². The van der Waals surface area contributed by atoms with Crippen LogP contribution >= 0.6 is 0 Å². The van der Waals surface area contributed by atoms with Crippen molar-refractivity contribution in [2.75, 3.05) is 0 Å². The molecule has 1 heterocycles. The Hall–Kier alpha value is -1.19. The van der Waals surface area contributed by atoms with Gasteiger partial charge in [-0.2, -0.15) is 0 Å². The Morgan fingerprint density at radius 3 is 2.74 bits per heavy atom. The zero-order valence-electron chi connectivity index (χ0n) is 14.7. The normalized spacial score (nSPS) is 46.7. The van der Waals surface area contributed by atoms with Crippen LogP contribution in [0.25, 0.3) is 0 Å². The Kier molecular flexibility index (Phi) is 3.93. The molecule has 1 N–H and O–H groups in total. The molecule has 2 aliphatic carbocycles. The van der Waals surface area contributed by atoms with Gasteiger partial charge in [0, 0.05) is 5.57 Å². The van der Waals surface area contributed by atoms with Crippen LogP contribution in [0.3, 0.4) is 0 Å². The molecule has 3 nitrogen and oxygen atoms in total. The van der Waals surface area contributed by atoms with E-state index in [1.165, 1.54) is 5.57 Å². The van der Waals surface area contributed by atoms with Crippen LogP contribution in [0.15, 0.2) is 35.5 Å². The number of carbonyl (C=O) groups is 1. The Labute approximate surface area is 139 Å². The molecule has 0 aromatic heterocycles. The van der Waals surface area contributed by atoms with Gasteiger partial charge in [-0.25, -0.2) is 0 Å². The number of fused-ring (bicyclic) bond motifs is 3. The number of rotatable bonds is 0. The third kappa shape index (κ3) is 2.64. The number of ketones is 1. The molecule has 3 aliphatic rings. The van der Waals surface area contributed by atoms with Gasteiger partial charge in [-0.15, -0.1) is 0 Å². The predicted octanol–water partition coefficient (Wildman–Crippen LogP) is 3.73. The molecule has 0 aromatic carbocycles. The minimum Gasteiger partial charge on any atom is -0.389 e. The van der Waals surface area contributed by atoms with Crippen molar-refractivity contribution in [1.29, 1.82) is 0 Å². The number of Topliss-reactive ketones (excluding diaryl/α,β-unsaturated/α-hetero) is 1. The highest BCUT2D eigenvalue weighted by atomic mass is 16.6. The van der Waals surface area contributed by atoms with Crippen LogP contribution in [-0.4, -0.2) is 28.7 Å². The second-order valence-corrected chi connectivity index (χ2v) is 8.02. The molecule has 1 fully saturated rings. The summed E-state index contributed by atoms with van der Waals surface area (Å²) in [4.78, 5) is 12.9. The van der Waals surface area contributed by atoms with Gasteiger partial charge in [0.05, 0.1) is 6.10 Å². The Morgan fingerprint density at radius 1 is 1.35 bits per heavy atom. The van der Waals surface area contributed by atoms with Crippen molar-refractivity contribution in [2.45, 2.75) is 71.2 Å². The molecule has 0 unspecified atom stereocenters. The first-order chi connectivity index (χ1) is 10.7. The maximum absolute atomic E-state index is 12.9. The van der Waals surface area contributed by atoms with Crippen LogP contribution in [0.4, 0.5) is 0 Å².